The maximum absolute atomic E-state index is 14.8. The predicted molar refractivity (Wildman–Crippen MR) is 160 cm³/mol. The molecule has 1 aliphatic rings. The van der Waals surface area contributed by atoms with E-state index in [9.17, 15) is 13.6 Å². The van der Waals surface area contributed by atoms with Crippen LogP contribution in [-0.2, 0) is 6.54 Å². The molecule has 2 heterocycles. The topological polar surface area (TPSA) is 73.7 Å². The number of hydrogen-bond donors (Lipinski definition) is 1. The largest absolute Gasteiger partial charge is 0.340 e. The molecule has 0 spiro atoms. The minimum absolute atomic E-state index is 0. The molecule has 7 nitrogen and oxygen atoms in total. The Kier molecular flexibility index (Phi) is 9.10. The molecule has 1 aliphatic heterocycles. The van der Waals surface area contributed by atoms with E-state index in [0.717, 1.165) is 6.54 Å². The van der Waals surface area contributed by atoms with Crippen molar-refractivity contribution in [2.75, 3.05) is 39.5 Å². The van der Waals surface area contributed by atoms with Gasteiger partial charge in [0.25, 0.3) is 5.91 Å². The van der Waals surface area contributed by atoms with Gasteiger partial charge in [-0.2, -0.15) is 0 Å². The Morgan fingerprint density at radius 2 is 1.68 bits per heavy atom. The average molecular weight is 577 g/mol. The van der Waals surface area contributed by atoms with Gasteiger partial charge in [-0.1, -0.05) is 31.2 Å². The number of nitrogens with zero attached hydrogens (tertiary/aromatic N) is 5. The number of hydrogen-bond acceptors (Lipinski definition) is 6. The van der Waals surface area contributed by atoms with E-state index in [0.29, 0.717) is 51.2 Å². The first-order valence-electron chi connectivity index (χ1n) is 12.6. The second-order valence-electron chi connectivity index (χ2n) is 9.75. The lowest BCUT2D eigenvalue weighted by molar-refractivity contribution is 0.0786. The summed E-state index contributed by atoms with van der Waals surface area (Å²) in [4.78, 5) is 30.2. The van der Waals surface area contributed by atoms with Gasteiger partial charge < -0.3 is 15.1 Å². The summed E-state index contributed by atoms with van der Waals surface area (Å²) in [6, 6.07) is 15.9. The van der Waals surface area contributed by atoms with E-state index < -0.39 is 11.6 Å². The molecule has 5 rings (SSSR count). The Labute approximate surface area is 243 Å². The van der Waals surface area contributed by atoms with Crippen molar-refractivity contribution in [2.45, 2.75) is 14.0 Å². The zero-order valence-corrected chi connectivity index (χ0v) is 23.0. The molecular formula is C31H31ClF2N6O. The van der Waals surface area contributed by atoms with Gasteiger partial charge in [0.1, 0.15) is 11.6 Å². The molecule has 41 heavy (non-hydrogen) atoms. The van der Waals surface area contributed by atoms with Gasteiger partial charge in [-0.25, -0.2) is 18.7 Å². The maximum atomic E-state index is 14.8. The summed E-state index contributed by atoms with van der Waals surface area (Å²) in [5.41, 5.74) is 3.60. The summed E-state index contributed by atoms with van der Waals surface area (Å²) >= 11 is 6.30. The Morgan fingerprint density at radius 3 is 2.37 bits per heavy atom. The number of fused-ring (bicyclic) bond motifs is 3. The van der Waals surface area contributed by atoms with Crippen LogP contribution in [-0.4, -0.2) is 65.6 Å². The zero-order valence-electron chi connectivity index (χ0n) is 22.3. The number of amides is 1. The SMILES string of the molecule is C.CN(C)CCN(C)C(=O)c1ccc(Nc2ncc3c(n2)-c2ccc(Cl)cc2C(c2c(F)cccc2F)=NC3)cc1. The van der Waals surface area contributed by atoms with Crippen LogP contribution >= 0.6 is 11.6 Å². The summed E-state index contributed by atoms with van der Waals surface area (Å²) in [5, 5.41) is 3.58. The smallest absolute Gasteiger partial charge is 0.253 e. The van der Waals surface area contributed by atoms with Gasteiger partial charge in [-0.05, 0) is 62.6 Å². The number of likely N-dealkylation sites (N-methyl/N-ethyl adjacent to an activating group) is 2. The summed E-state index contributed by atoms with van der Waals surface area (Å²) in [6.07, 6.45) is 1.64. The van der Waals surface area contributed by atoms with Crippen LogP contribution in [0.5, 0.6) is 0 Å². The van der Waals surface area contributed by atoms with Crippen LogP contribution in [0.1, 0.15) is 34.5 Å². The van der Waals surface area contributed by atoms with Crippen molar-refractivity contribution in [1.29, 1.82) is 0 Å². The van der Waals surface area contributed by atoms with E-state index in [1.807, 2.05) is 19.0 Å². The van der Waals surface area contributed by atoms with Crippen LogP contribution in [0.15, 0.2) is 71.9 Å². The molecule has 0 bridgehead atoms. The van der Waals surface area contributed by atoms with E-state index in [1.54, 1.807) is 60.6 Å². The van der Waals surface area contributed by atoms with E-state index in [4.69, 9.17) is 16.6 Å². The lowest BCUT2D eigenvalue weighted by atomic mass is 9.95. The van der Waals surface area contributed by atoms with Gasteiger partial charge in [0.15, 0.2) is 0 Å². The highest BCUT2D eigenvalue weighted by Gasteiger charge is 2.25. The van der Waals surface area contributed by atoms with Crippen LogP contribution in [0, 0.1) is 11.6 Å². The molecule has 1 amide bonds. The molecular weight excluding hydrogens is 546 g/mol. The lowest BCUT2D eigenvalue weighted by Gasteiger charge is -2.19. The van der Waals surface area contributed by atoms with Gasteiger partial charge in [-0.3, -0.25) is 9.79 Å². The number of rotatable bonds is 7. The van der Waals surface area contributed by atoms with Crippen molar-refractivity contribution in [3.63, 3.8) is 0 Å². The minimum Gasteiger partial charge on any atom is -0.340 e. The molecule has 3 aromatic carbocycles. The number of benzene rings is 3. The fourth-order valence-corrected chi connectivity index (χ4v) is 4.59. The van der Waals surface area contributed by atoms with Crippen LogP contribution in [0.4, 0.5) is 20.4 Å². The number of halogens is 3. The number of aromatic nitrogens is 2. The van der Waals surface area contributed by atoms with Crippen molar-refractivity contribution in [3.8, 4) is 11.3 Å². The first-order valence-corrected chi connectivity index (χ1v) is 13.0. The highest BCUT2D eigenvalue weighted by atomic mass is 35.5. The molecule has 0 saturated carbocycles. The zero-order chi connectivity index (χ0) is 28.4. The van der Waals surface area contributed by atoms with E-state index in [-0.39, 0.29) is 31.2 Å². The molecule has 0 radical (unpaired) electrons. The fourth-order valence-electron chi connectivity index (χ4n) is 4.42. The molecule has 212 valence electrons. The number of carbonyl (C=O) groups excluding carboxylic acids is 1. The fraction of sp³-hybridized carbons (Fsp3) is 0.226. The van der Waals surface area contributed by atoms with E-state index in [1.165, 1.54) is 18.2 Å². The molecule has 0 aliphatic carbocycles. The van der Waals surface area contributed by atoms with E-state index in [2.05, 4.69) is 15.3 Å². The quantitative estimate of drug-likeness (QED) is 0.274. The van der Waals surface area contributed by atoms with Crippen LogP contribution in [0.25, 0.3) is 11.3 Å². The first-order chi connectivity index (χ1) is 19.2. The Hall–Kier alpha value is -4.21. The second kappa shape index (κ2) is 12.5. The van der Waals surface area contributed by atoms with E-state index >= 15 is 0 Å². The highest BCUT2D eigenvalue weighted by Crippen LogP contribution is 2.34. The molecule has 0 saturated heterocycles. The van der Waals surface area contributed by atoms with Crippen molar-refractivity contribution < 1.29 is 13.6 Å². The molecule has 0 atom stereocenters. The Bertz CT molecular complexity index is 1590. The normalized spacial score (nSPS) is 12.0. The second-order valence-corrected chi connectivity index (χ2v) is 10.2. The Morgan fingerprint density at radius 1 is 0.976 bits per heavy atom. The average Bonchev–Trinajstić information content (AvgIpc) is 3.08. The standard InChI is InChI=1S/C30H27ClF2N6O.CH4/c1-38(2)13-14-39(3)29(40)18-7-10-21(11-8-18)36-30-35-17-19-16-34-28(26-24(32)5-4-6-25(26)33)23-15-20(31)9-12-22(23)27(19)37-30;/h4-12,15,17H,13-14,16H2,1-3H3,(H,35,36,37);1H4. The van der Waals surface area contributed by atoms with Crippen LogP contribution < -0.4 is 5.32 Å². The minimum atomic E-state index is -0.713. The number of aliphatic imine (C=N–C) groups is 1. The van der Waals surface area contributed by atoms with Crippen LogP contribution in [0.3, 0.4) is 0 Å². The van der Waals surface area contributed by atoms with Gasteiger partial charge in [-0.15, -0.1) is 0 Å². The molecule has 0 fully saturated rings. The van der Waals surface area contributed by atoms with Crippen molar-refractivity contribution >= 4 is 34.9 Å². The van der Waals surface area contributed by atoms with Gasteiger partial charge in [0, 0.05) is 59.3 Å². The Balaban J connectivity index is 0.00000387. The summed E-state index contributed by atoms with van der Waals surface area (Å²) in [5.74, 6) is -1.17. The van der Waals surface area contributed by atoms with Crippen molar-refractivity contribution in [2.24, 2.45) is 4.99 Å². The summed E-state index contributed by atoms with van der Waals surface area (Å²) < 4.78 is 29.5. The van der Waals surface area contributed by atoms with Gasteiger partial charge >= 0.3 is 0 Å². The maximum Gasteiger partial charge on any atom is 0.253 e. The van der Waals surface area contributed by atoms with Crippen LogP contribution in [0.2, 0.25) is 5.02 Å². The third kappa shape index (κ3) is 6.42. The van der Waals surface area contributed by atoms with Crippen molar-refractivity contribution in [1.82, 2.24) is 19.8 Å². The molecule has 4 aromatic rings. The first kappa shape index (κ1) is 29.8. The number of nitrogens with one attached hydrogen (secondary N) is 1. The van der Waals surface area contributed by atoms with Crippen molar-refractivity contribution in [3.05, 3.63) is 106 Å². The molecule has 0 unspecified atom stereocenters. The number of anilines is 2. The third-order valence-electron chi connectivity index (χ3n) is 6.58. The highest BCUT2D eigenvalue weighted by molar-refractivity contribution is 6.31. The monoisotopic (exact) mass is 576 g/mol. The van der Waals surface area contributed by atoms with Gasteiger partial charge in [0.05, 0.1) is 23.5 Å². The van der Waals surface area contributed by atoms with Gasteiger partial charge in [0.2, 0.25) is 5.95 Å². The molecule has 1 aromatic heterocycles. The third-order valence-corrected chi connectivity index (χ3v) is 6.82. The summed E-state index contributed by atoms with van der Waals surface area (Å²) in [6.45, 7) is 1.52. The lowest BCUT2D eigenvalue weighted by Crippen LogP contribution is -2.33. The predicted octanol–water partition coefficient (Wildman–Crippen LogP) is 6.44. The molecule has 1 N–H and O–H groups in total. The molecule has 10 heteroatoms. The number of carbonyl (C=O) groups is 1. The summed E-state index contributed by atoms with van der Waals surface area (Å²) in [7, 11) is 5.71.